The number of ether oxygens (including phenoxy) is 1. The molecule has 0 unspecified atom stereocenters. The lowest BCUT2D eigenvalue weighted by Crippen LogP contribution is -2.39. The van der Waals surface area contributed by atoms with Crippen LogP contribution in [0.15, 0.2) is 12.3 Å². The molecule has 6 heteroatoms. The number of ketones is 1. The smallest absolute Gasteiger partial charge is 0.355 e. The fourth-order valence-corrected chi connectivity index (χ4v) is 1.39. The third-order valence-electron chi connectivity index (χ3n) is 2.39. The molecule has 0 spiro atoms. The summed E-state index contributed by atoms with van der Waals surface area (Å²) in [6, 6.07) is 1.38. The number of rotatable bonds is 5. The fourth-order valence-electron chi connectivity index (χ4n) is 1.39. The van der Waals surface area contributed by atoms with E-state index in [0.29, 0.717) is 5.56 Å². The molecular weight excluding hydrogens is 248 g/mol. The Morgan fingerprint density at radius 1 is 1.26 bits per heavy atom. The minimum absolute atomic E-state index is 0.0246. The van der Waals surface area contributed by atoms with Crippen LogP contribution < -0.4 is 5.32 Å². The van der Waals surface area contributed by atoms with Gasteiger partial charge in [0.1, 0.15) is 5.69 Å². The second kappa shape index (κ2) is 6.17. The summed E-state index contributed by atoms with van der Waals surface area (Å²) in [5.41, 5.74) is 0.542. The van der Waals surface area contributed by atoms with Gasteiger partial charge in [-0.2, -0.15) is 0 Å². The first-order valence-electron chi connectivity index (χ1n) is 6.02. The van der Waals surface area contributed by atoms with Crippen LogP contribution in [-0.4, -0.2) is 34.8 Å². The van der Waals surface area contributed by atoms with Gasteiger partial charge in [0, 0.05) is 17.8 Å². The van der Waals surface area contributed by atoms with Gasteiger partial charge in [0.05, 0.1) is 0 Å². The summed E-state index contributed by atoms with van der Waals surface area (Å²) in [5.74, 6) is -1.18. The van der Waals surface area contributed by atoms with Crippen LogP contribution in [0.4, 0.5) is 0 Å². The van der Waals surface area contributed by atoms with E-state index < -0.39 is 12.1 Å². The van der Waals surface area contributed by atoms with Crippen LogP contribution >= 0.6 is 0 Å². The number of aromatic nitrogens is 1. The molecule has 1 atom stereocenters. The van der Waals surface area contributed by atoms with Crippen LogP contribution in [0.2, 0.25) is 0 Å². The molecule has 1 rings (SSSR count). The fraction of sp³-hybridized carbons (Fsp3) is 0.462. The van der Waals surface area contributed by atoms with Crippen LogP contribution in [0.1, 0.15) is 48.5 Å². The summed E-state index contributed by atoms with van der Waals surface area (Å²) in [4.78, 5) is 37.1. The van der Waals surface area contributed by atoms with E-state index in [-0.39, 0.29) is 23.4 Å². The lowest BCUT2D eigenvalue weighted by Gasteiger charge is -2.14. The van der Waals surface area contributed by atoms with Gasteiger partial charge in [-0.3, -0.25) is 9.59 Å². The average Bonchev–Trinajstić information content (AvgIpc) is 2.77. The number of carbonyl (C=O) groups is 3. The molecule has 6 nitrogen and oxygen atoms in total. The van der Waals surface area contributed by atoms with E-state index in [0.717, 1.165) is 0 Å². The van der Waals surface area contributed by atoms with Gasteiger partial charge < -0.3 is 15.0 Å². The largest absolute Gasteiger partial charge is 0.448 e. The maximum absolute atomic E-state index is 11.7. The summed E-state index contributed by atoms with van der Waals surface area (Å²) >= 11 is 0. The Hall–Kier alpha value is -2.11. The SMILES string of the molecule is CC(=O)c1c[nH]c(C(=O)O[C@H](C)C(=O)NC(C)C)c1. The lowest BCUT2D eigenvalue weighted by atomic mass is 10.2. The normalized spacial score (nSPS) is 12.1. The molecule has 0 aliphatic carbocycles. The van der Waals surface area contributed by atoms with Gasteiger partial charge in [-0.1, -0.05) is 0 Å². The second-order valence-electron chi connectivity index (χ2n) is 4.57. The van der Waals surface area contributed by atoms with Crippen LogP contribution in [0, 0.1) is 0 Å². The number of hydrogen-bond acceptors (Lipinski definition) is 4. The zero-order valence-corrected chi connectivity index (χ0v) is 11.4. The Kier molecular flexibility index (Phi) is 4.86. The predicted molar refractivity (Wildman–Crippen MR) is 69.0 cm³/mol. The molecule has 1 aromatic heterocycles. The van der Waals surface area contributed by atoms with E-state index in [1.807, 2.05) is 13.8 Å². The van der Waals surface area contributed by atoms with Crippen LogP contribution in [0.3, 0.4) is 0 Å². The Morgan fingerprint density at radius 2 is 1.89 bits per heavy atom. The molecule has 0 radical (unpaired) electrons. The maximum Gasteiger partial charge on any atom is 0.355 e. The van der Waals surface area contributed by atoms with Gasteiger partial charge in [-0.15, -0.1) is 0 Å². The molecule has 2 N–H and O–H groups in total. The summed E-state index contributed by atoms with van der Waals surface area (Å²) in [5, 5.41) is 2.64. The molecule has 0 saturated carbocycles. The number of amides is 1. The van der Waals surface area contributed by atoms with Gasteiger partial charge in [0.25, 0.3) is 5.91 Å². The van der Waals surface area contributed by atoms with Crippen molar-refractivity contribution >= 4 is 17.7 Å². The topological polar surface area (TPSA) is 88.3 Å². The molecule has 0 aliphatic rings. The quantitative estimate of drug-likeness (QED) is 0.621. The molecule has 1 heterocycles. The van der Waals surface area contributed by atoms with Crippen molar-refractivity contribution in [2.75, 3.05) is 0 Å². The van der Waals surface area contributed by atoms with E-state index in [2.05, 4.69) is 10.3 Å². The highest BCUT2D eigenvalue weighted by Gasteiger charge is 2.20. The molecule has 0 aliphatic heterocycles. The molecule has 1 aromatic rings. The Bertz CT molecular complexity index is 491. The third kappa shape index (κ3) is 4.24. The van der Waals surface area contributed by atoms with Crippen LogP contribution in [-0.2, 0) is 9.53 Å². The number of H-pyrrole nitrogens is 1. The number of esters is 1. The molecule has 104 valence electrons. The Morgan fingerprint density at radius 3 is 2.37 bits per heavy atom. The number of hydrogen-bond donors (Lipinski definition) is 2. The molecule has 19 heavy (non-hydrogen) atoms. The van der Waals surface area contributed by atoms with Gasteiger partial charge in [0.2, 0.25) is 0 Å². The summed E-state index contributed by atoms with van der Waals surface area (Å²) in [6.07, 6.45) is 0.539. The van der Waals surface area contributed by atoms with Gasteiger partial charge in [-0.25, -0.2) is 4.79 Å². The first-order chi connectivity index (χ1) is 8.81. The minimum Gasteiger partial charge on any atom is -0.448 e. The zero-order valence-electron chi connectivity index (χ0n) is 11.4. The van der Waals surface area contributed by atoms with Crippen molar-refractivity contribution in [1.82, 2.24) is 10.3 Å². The molecule has 0 saturated heterocycles. The van der Waals surface area contributed by atoms with Crippen molar-refractivity contribution in [1.29, 1.82) is 0 Å². The molecular formula is C13H18N2O4. The average molecular weight is 266 g/mol. The molecule has 0 bridgehead atoms. The van der Waals surface area contributed by atoms with Crippen LogP contribution in [0.25, 0.3) is 0 Å². The highest BCUT2D eigenvalue weighted by molar-refractivity contribution is 5.98. The van der Waals surface area contributed by atoms with Crippen molar-refractivity contribution in [2.24, 2.45) is 0 Å². The van der Waals surface area contributed by atoms with Crippen molar-refractivity contribution in [3.8, 4) is 0 Å². The standard InChI is InChI=1S/C13H18N2O4/c1-7(2)15-12(17)9(4)19-13(18)11-5-10(6-14-11)8(3)16/h5-7,9,14H,1-4H3,(H,15,17)/t9-/m1/s1. The van der Waals surface area contributed by atoms with E-state index >= 15 is 0 Å². The van der Waals surface area contributed by atoms with Gasteiger partial charge >= 0.3 is 5.97 Å². The van der Waals surface area contributed by atoms with E-state index in [4.69, 9.17) is 4.74 Å². The first-order valence-corrected chi connectivity index (χ1v) is 6.02. The zero-order chi connectivity index (χ0) is 14.6. The minimum atomic E-state index is -0.890. The number of Topliss-reactive ketones (excluding diaryl/α,β-unsaturated/α-hetero) is 1. The maximum atomic E-state index is 11.7. The molecule has 0 aromatic carbocycles. The predicted octanol–water partition coefficient (Wildman–Crippen LogP) is 1.29. The van der Waals surface area contributed by atoms with Gasteiger partial charge in [0.15, 0.2) is 11.9 Å². The van der Waals surface area contributed by atoms with E-state index in [1.54, 1.807) is 0 Å². The van der Waals surface area contributed by atoms with Gasteiger partial charge in [-0.05, 0) is 33.8 Å². The van der Waals surface area contributed by atoms with Crippen LogP contribution in [0.5, 0.6) is 0 Å². The number of aromatic amines is 1. The van der Waals surface area contributed by atoms with Crippen molar-refractivity contribution in [3.63, 3.8) is 0 Å². The summed E-state index contributed by atoms with van der Waals surface area (Å²) in [6.45, 7) is 6.52. The highest BCUT2D eigenvalue weighted by Crippen LogP contribution is 2.07. The van der Waals surface area contributed by atoms with Crippen molar-refractivity contribution in [2.45, 2.75) is 39.8 Å². The first kappa shape index (κ1) is 14.9. The van der Waals surface area contributed by atoms with E-state index in [1.165, 1.54) is 26.1 Å². The Balaban J connectivity index is 2.63. The highest BCUT2D eigenvalue weighted by atomic mass is 16.5. The monoisotopic (exact) mass is 266 g/mol. The molecule has 0 fully saturated rings. The molecule has 1 amide bonds. The number of nitrogens with one attached hydrogen (secondary N) is 2. The summed E-state index contributed by atoms with van der Waals surface area (Å²) in [7, 11) is 0. The van der Waals surface area contributed by atoms with Crippen molar-refractivity contribution in [3.05, 3.63) is 23.5 Å². The third-order valence-corrected chi connectivity index (χ3v) is 2.39. The number of carbonyl (C=O) groups excluding carboxylic acids is 3. The van der Waals surface area contributed by atoms with Crippen molar-refractivity contribution < 1.29 is 19.1 Å². The second-order valence-corrected chi connectivity index (χ2v) is 4.57. The Labute approximate surface area is 111 Å². The summed E-state index contributed by atoms with van der Waals surface area (Å²) < 4.78 is 5.00. The lowest BCUT2D eigenvalue weighted by molar-refractivity contribution is -0.129. The van der Waals surface area contributed by atoms with E-state index in [9.17, 15) is 14.4 Å².